The molecule has 0 unspecified atom stereocenters. The van der Waals surface area contributed by atoms with E-state index in [1.54, 1.807) is 6.07 Å². The number of hydrogen-bond acceptors (Lipinski definition) is 3. The van der Waals surface area contributed by atoms with Gasteiger partial charge in [-0.05, 0) is 56.9 Å². The van der Waals surface area contributed by atoms with Crippen molar-refractivity contribution in [3.63, 3.8) is 0 Å². The van der Waals surface area contributed by atoms with E-state index in [0.717, 1.165) is 29.4 Å². The SMILES string of the molecule is Cc1ccc2cc(C(=O)C3(O)CCCC3)ccc2n1. The smallest absolute Gasteiger partial charge is 0.194 e. The van der Waals surface area contributed by atoms with E-state index in [1.165, 1.54) is 0 Å². The van der Waals surface area contributed by atoms with Crippen LogP contribution in [0.25, 0.3) is 10.9 Å². The van der Waals surface area contributed by atoms with Crippen molar-refractivity contribution in [2.24, 2.45) is 0 Å². The van der Waals surface area contributed by atoms with Crippen LogP contribution in [0.2, 0.25) is 0 Å². The van der Waals surface area contributed by atoms with Gasteiger partial charge in [-0.25, -0.2) is 0 Å². The fourth-order valence-electron chi connectivity index (χ4n) is 2.82. The number of hydrogen-bond donors (Lipinski definition) is 1. The Balaban J connectivity index is 2.01. The van der Waals surface area contributed by atoms with Crippen LogP contribution in [0.5, 0.6) is 0 Å². The Morgan fingerprint density at radius 2 is 1.95 bits per heavy atom. The summed E-state index contributed by atoms with van der Waals surface area (Å²) in [6, 6.07) is 9.36. The Labute approximate surface area is 112 Å². The normalized spacial score (nSPS) is 17.8. The van der Waals surface area contributed by atoms with Gasteiger partial charge in [0.2, 0.25) is 0 Å². The van der Waals surface area contributed by atoms with Gasteiger partial charge in [-0.15, -0.1) is 0 Å². The Kier molecular flexibility index (Phi) is 2.86. The van der Waals surface area contributed by atoms with Gasteiger partial charge in [0.15, 0.2) is 5.78 Å². The van der Waals surface area contributed by atoms with Gasteiger partial charge in [-0.1, -0.05) is 6.07 Å². The lowest BCUT2D eigenvalue weighted by molar-refractivity contribution is 0.0353. The number of carbonyl (C=O) groups is 1. The maximum atomic E-state index is 12.4. The Morgan fingerprint density at radius 3 is 2.68 bits per heavy atom. The monoisotopic (exact) mass is 255 g/mol. The maximum absolute atomic E-state index is 12.4. The number of ketones is 1. The topological polar surface area (TPSA) is 50.2 Å². The quantitative estimate of drug-likeness (QED) is 0.839. The lowest BCUT2D eigenvalue weighted by Crippen LogP contribution is -2.35. The molecule has 98 valence electrons. The third-order valence-electron chi connectivity index (χ3n) is 3.94. The predicted molar refractivity (Wildman–Crippen MR) is 74.2 cm³/mol. The van der Waals surface area contributed by atoms with Crippen molar-refractivity contribution in [1.82, 2.24) is 4.98 Å². The van der Waals surface area contributed by atoms with Gasteiger partial charge in [-0.3, -0.25) is 9.78 Å². The van der Waals surface area contributed by atoms with Gasteiger partial charge in [0.25, 0.3) is 0 Å². The van der Waals surface area contributed by atoms with Gasteiger partial charge in [0.1, 0.15) is 5.60 Å². The van der Waals surface area contributed by atoms with Crippen LogP contribution in [0.4, 0.5) is 0 Å². The third kappa shape index (κ3) is 2.15. The number of aliphatic hydroxyl groups is 1. The zero-order chi connectivity index (χ0) is 13.5. The number of fused-ring (bicyclic) bond motifs is 1. The maximum Gasteiger partial charge on any atom is 0.194 e. The Morgan fingerprint density at radius 1 is 1.21 bits per heavy atom. The van der Waals surface area contributed by atoms with Gasteiger partial charge < -0.3 is 5.11 Å². The summed E-state index contributed by atoms with van der Waals surface area (Å²) in [4.78, 5) is 16.8. The molecule has 0 radical (unpaired) electrons. The van der Waals surface area contributed by atoms with Crippen molar-refractivity contribution < 1.29 is 9.90 Å². The number of rotatable bonds is 2. The number of Topliss-reactive ketones (excluding diaryl/α,β-unsaturated/α-hetero) is 1. The molecule has 1 aromatic carbocycles. The van der Waals surface area contributed by atoms with Crippen LogP contribution < -0.4 is 0 Å². The van der Waals surface area contributed by atoms with Crippen LogP contribution in [0.1, 0.15) is 41.7 Å². The number of aryl methyl sites for hydroxylation is 1. The molecule has 1 saturated carbocycles. The standard InChI is InChI=1S/C16H17NO2/c1-11-4-5-12-10-13(6-7-14(12)17-11)15(18)16(19)8-2-3-9-16/h4-7,10,19H,2-3,8-9H2,1H3. The fraction of sp³-hybridized carbons (Fsp3) is 0.375. The van der Waals surface area contributed by atoms with Crippen molar-refractivity contribution in [2.75, 3.05) is 0 Å². The first-order valence-electron chi connectivity index (χ1n) is 6.73. The molecule has 1 aliphatic rings. The molecule has 0 saturated heterocycles. The first-order valence-corrected chi connectivity index (χ1v) is 6.73. The van der Waals surface area contributed by atoms with Gasteiger partial charge in [0, 0.05) is 16.6 Å². The van der Waals surface area contributed by atoms with Crippen LogP contribution in [0.15, 0.2) is 30.3 Å². The minimum atomic E-state index is -1.15. The summed E-state index contributed by atoms with van der Waals surface area (Å²) in [7, 11) is 0. The molecule has 1 N–H and O–H groups in total. The molecule has 0 aliphatic heterocycles. The predicted octanol–water partition coefficient (Wildman–Crippen LogP) is 3.03. The van der Waals surface area contributed by atoms with E-state index in [2.05, 4.69) is 4.98 Å². The molecule has 0 amide bonds. The van der Waals surface area contributed by atoms with Crippen LogP contribution in [0.3, 0.4) is 0 Å². The average molecular weight is 255 g/mol. The Hall–Kier alpha value is -1.74. The molecule has 1 aromatic heterocycles. The molecule has 3 nitrogen and oxygen atoms in total. The zero-order valence-electron chi connectivity index (χ0n) is 11.0. The summed E-state index contributed by atoms with van der Waals surface area (Å²) >= 11 is 0. The van der Waals surface area contributed by atoms with Crippen molar-refractivity contribution >= 4 is 16.7 Å². The molecule has 19 heavy (non-hydrogen) atoms. The highest BCUT2D eigenvalue weighted by Crippen LogP contribution is 2.33. The zero-order valence-corrected chi connectivity index (χ0v) is 11.0. The molecule has 0 bridgehead atoms. The molecule has 1 aliphatic carbocycles. The van der Waals surface area contributed by atoms with Gasteiger partial charge >= 0.3 is 0 Å². The third-order valence-corrected chi connectivity index (χ3v) is 3.94. The minimum Gasteiger partial charge on any atom is -0.382 e. The van der Waals surface area contributed by atoms with Crippen molar-refractivity contribution in [1.29, 1.82) is 0 Å². The van der Waals surface area contributed by atoms with Crippen molar-refractivity contribution in [2.45, 2.75) is 38.2 Å². The number of benzene rings is 1. The molecule has 1 fully saturated rings. The van der Waals surface area contributed by atoms with Crippen LogP contribution in [-0.2, 0) is 0 Å². The Bertz CT molecular complexity index is 642. The largest absolute Gasteiger partial charge is 0.382 e. The second-order valence-electron chi connectivity index (χ2n) is 5.43. The first-order chi connectivity index (χ1) is 9.08. The van der Waals surface area contributed by atoms with E-state index < -0.39 is 5.60 Å². The van der Waals surface area contributed by atoms with E-state index in [9.17, 15) is 9.90 Å². The van der Waals surface area contributed by atoms with E-state index in [-0.39, 0.29) is 5.78 Å². The summed E-state index contributed by atoms with van der Waals surface area (Å²) in [6.07, 6.45) is 3.01. The van der Waals surface area contributed by atoms with E-state index in [4.69, 9.17) is 0 Å². The summed E-state index contributed by atoms with van der Waals surface area (Å²) < 4.78 is 0. The highest BCUT2D eigenvalue weighted by Gasteiger charge is 2.39. The van der Waals surface area contributed by atoms with Crippen molar-refractivity contribution in [3.8, 4) is 0 Å². The highest BCUT2D eigenvalue weighted by molar-refractivity contribution is 6.04. The van der Waals surface area contributed by atoms with Crippen molar-refractivity contribution in [3.05, 3.63) is 41.6 Å². The van der Waals surface area contributed by atoms with Gasteiger partial charge in [-0.2, -0.15) is 0 Å². The van der Waals surface area contributed by atoms with E-state index in [0.29, 0.717) is 18.4 Å². The number of aromatic nitrogens is 1. The summed E-state index contributed by atoms with van der Waals surface area (Å²) in [5.74, 6) is -0.146. The second-order valence-corrected chi connectivity index (χ2v) is 5.43. The second kappa shape index (κ2) is 4.42. The minimum absolute atomic E-state index is 0.146. The molecule has 1 heterocycles. The van der Waals surface area contributed by atoms with E-state index >= 15 is 0 Å². The molecule has 2 aromatic rings. The molecule has 0 spiro atoms. The van der Waals surface area contributed by atoms with Crippen LogP contribution >= 0.6 is 0 Å². The fourth-order valence-corrected chi connectivity index (χ4v) is 2.82. The molecule has 3 rings (SSSR count). The van der Waals surface area contributed by atoms with Gasteiger partial charge in [0.05, 0.1) is 5.52 Å². The lowest BCUT2D eigenvalue weighted by atomic mass is 9.91. The summed E-state index contributed by atoms with van der Waals surface area (Å²) in [5.41, 5.74) is 1.28. The molecular formula is C16H17NO2. The number of carbonyl (C=O) groups excluding carboxylic acids is 1. The summed E-state index contributed by atoms with van der Waals surface area (Å²) in [5, 5.41) is 11.3. The average Bonchev–Trinajstić information content (AvgIpc) is 2.85. The van der Waals surface area contributed by atoms with E-state index in [1.807, 2.05) is 31.2 Å². The molecular weight excluding hydrogens is 238 g/mol. The first kappa shape index (κ1) is 12.3. The number of pyridine rings is 1. The van der Waals surface area contributed by atoms with Crippen LogP contribution in [-0.4, -0.2) is 21.5 Å². The van der Waals surface area contributed by atoms with Crippen LogP contribution in [0, 0.1) is 6.92 Å². The lowest BCUT2D eigenvalue weighted by Gasteiger charge is -2.20. The number of nitrogens with zero attached hydrogens (tertiary/aromatic N) is 1. The molecule has 0 atom stereocenters. The summed E-state index contributed by atoms with van der Waals surface area (Å²) in [6.45, 7) is 1.94. The molecule has 3 heteroatoms. The highest BCUT2D eigenvalue weighted by atomic mass is 16.3.